The van der Waals surface area contributed by atoms with Crippen LogP contribution in [0.3, 0.4) is 0 Å². The van der Waals surface area contributed by atoms with Crippen LogP contribution in [0.5, 0.6) is 0 Å². The molecule has 0 aliphatic heterocycles. The van der Waals surface area contributed by atoms with Gasteiger partial charge in [-0.25, -0.2) is 0 Å². The van der Waals surface area contributed by atoms with Crippen molar-refractivity contribution in [3.8, 4) is 0 Å². The Hall–Kier alpha value is -0.120. The molecule has 46 valence electrons. The van der Waals surface area contributed by atoms with Crippen LogP contribution in [-0.4, -0.2) is 6.68 Å². The Morgan fingerprint density at radius 3 is 1.00 bits per heavy atom. The third-order valence-electron chi connectivity index (χ3n) is 0. The fourth-order valence-corrected chi connectivity index (χ4v) is 0. The van der Waals surface area contributed by atoms with Crippen LogP contribution in [0.2, 0.25) is 0 Å². The maximum atomic E-state index is 9.67. The van der Waals surface area contributed by atoms with Gasteiger partial charge in [0.2, 0.25) is 0 Å². The minimum atomic E-state index is -3.67. The van der Waals surface area contributed by atoms with Gasteiger partial charge in [-0.1, -0.05) is 0 Å². The van der Waals surface area contributed by atoms with Crippen molar-refractivity contribution in [3.63, 3.8) is 0 Å². The third-order valence-corrected chi connectivity index (χ3v) is 0. The quantitative estimate of drug-likeness (QED) is 0.443. The van der Waals surface area contributed by atoms with Crippen LogP contribution in [0.1, 0.15) is 0 Å². The summed E-state index contributed by atoms with van der Waals surface area (Å²) in [6, 6.07) is 0. The molecule has 0 spiro atoms. The van der Waals surface area contributed by atoms with E-state index in [-0.39, 0.29) is 13.5 Å². The van der Waals surface area contributed by atoms with E-state index in [1.165, 1.54) is 0 Å². The van der Waals surface area contributed by atoms with E-state index in [1.54, 1.807) is 0 Å². The lowest BCUT2D eigenvalue weighted by atomic mass is 11.3. The maximum absolute atomic E-state index is 9.67. The van der Waals surface area contributed by atoms with Gasteiger partial charge in [-0.05, 0) is 0 Å². The molecule has 0 nitrogen and oxygen atoms in total. The van der Waals surface area contributed by atoms with E-state index < -0.39 is 6.68 Å². The fourth-order valence-electron chi connectivity index (χ4n) is 0. The molecule has 0 radical (unpaired) electrons. The van der Waals surface area contributed by atoms with Crippen molar-refractivity contribution >= 4 is 13.5 Å². The highest BCUT2D eigenvalue weighted by molar-refractivity contribution is 7.59. The fraction of sp³-hybridized carbons (Fsp3) is 0.333. The summed E-state index contributed by atoms with van der Waals surface area (Å²) in [4.78, 5) is 0. The molecule has 0 amide bonds. The van der Waals surface area contributed by atoms with Crippen molar-refractivity contribution in [3.05, 3.63) is 13.2 Å². The Labute approximate surface area is 47.5 Å². The second kappa shape index (κ2) is 16.9. The van der Waals surface area contributed by atoms with Crippen LogP contribution >= 0.6 is 13.5 Å². The first kappa shape index (κ1) is 15.8. The Kier molecular flexibility index (Phi) is 38.1. The summed E-state index contributed by atoms with van der Waals surface area (Å²) in [6.07, 6.45) is 0. The molecule has 0 rings (SSSR count). The largest absolute Gasteiger partial charge is 0.379 e. The van der Waals surface area contributed by atoms with Crippen molar-refractivity contribution in [1.29, 1.82) is 0 Å². The average molecular weight is 132 g/mol. The Balaban J connectivity index is -0.0000000480. The van der Waals surface area contributed by atoms with Crippen molar-refractivity contribution in [1.82, 2.24) is 0 Å². The first-order valence-corrected chi connectivity index (χ1v) is 1.15. The van der Waals surface area contributed by atoms with Gasteiger partial charge in [-0.15, -0.1) is 13.2 Å². The van der Waals surface area contributed by atoms with E-state index in [0.717, 1.165) is 0 Å². The Morgan fingerprint density at radius 2 is 1.00 bits per heavy atom. The normalized spacial score (nSPS) is 5.71. The van der Waals surface area contributed by atoms with Crippen LogP contribution < -0.4 is 0 Å². The molecule has 0 aromatic heterocycles. The summed E-state index contributed by atoms with van der Waals surface area (Å²) >= 11 is 0. The summed E-state index contributed by atoms with van der Waals surface area (Å²) < 4.78 is 29.0. The zero-order valence-corrected chi connectivity index (χ0v) is 4.63. The Morgan fingerprint density at radius 1 is 1.00 bits per heavy atom. The molecule has 0 aromatic carbocycles. The van der Waals surface area contributed by atoms with E-state index >= 15 is 0 Å². The summed E-state index contributed by atoms with van der Waals surface area (Å²) in [5.74, 6) is 0. The molecule has 0 saturated heterocycles. The molecule has 0 heterocycles. The lowest BCUT2D eigenvalue weighted by molar-refractivity contribution is 0.00819. The van der Waals surface area contributed by atoms with Crippen LogP contribution in [0.4, 0.5) is 13.2 Å². The molecular formula is C3H7F3S. The summed E-state index contributed by atoms with van der Waals surface area (Å²) in [6.45, 7) is 2.33. The first-order valence-electron chi connectivity index (χ1n) is 1.15. The highest BCUT2D eigenvalue weighted by Crippen LogP contribution is 1.87. The molecule has 0 aliphatic carbocycles. The highest BCUT2D eigenvalue weighted by atomic mass is 32.1. The van der Waals surface area contributed by atoms with Crippen LogP contribution in [0.15, 0.2) is 13.2 Å². The van der Waals surface area contributed by atoms with Crippen molar-refractivity contribution < 1.29 is 13.2 Å². The first-order chi connectivity index (χ1) is 2.73. The zero-order valence-electron chi connectivity index (χ0n) is 3.63. The van der Waals surface area contributed by atoms with Gasteiger partial charge in [0.1, 0.15) is 0 Å². The second-order valence-corrected chi connectivity index (χ2v) is 0.247. The minimum Gasteiger partial charge on any atom is -0.197 e. The minimum absolute atomic E-state index is 0. The predicted octanol–water partition coefficient (Wildman–Crippen LogP) is 2.09. The van der Waals surface area contributed by atoms with Crippen LogP contribution in [0, 0.1) is 0 Å². The van der Waals surface area contributed by atoms with Gasteiger partial charge in [0, 0.05) is 0 Å². The SMILES string of the molecule is C=C.FC(F)F.S. The standard InChI is InChI=1S/C2H4.CHF3.H2S/c1-2;2-1(3)4;/h1-2H2;1H;1H2. The van der Waals surface area contributed by atoms with Crippen molar-refractivity contribution in [2.45, 2.75) is 6.68 Å². The van der Waals surface area contributed by atoms with Crippen LogP contribution in [0.25, 0.3) is 0 Å². The predicted molar refractivity (Wildman–Crippen MR) is 28.7 cm³/mol. The number of alkyl halides is 3. The molecule has 0 bridgehead atoms. The van der Waals surface area contributed by atoms with E-state index in [1.807, 2.05) is 0 Å². The number of hydrogen-bond acceptors (Lipinski definition) is 0. The number of hydrogen-bond donors (Lipinski definition) is 0. The van der Waals surface area contributed by atoms with E-state index in [0.29, 0.717) is 0 Å². The molecular weight excluding hydrogens is 125 g/mol. The average Bonchev–Trinajstić information content (AvgIpc) is 1.41. The molecule has 7 heavy (non-hydrogen) atoms. The second-order valence-electron chi connectivity index (χ2n) is 0.247. The summed E-state index contributed by atoms with van der Waals surface area (Å²) in [5, 5.41) is 0. The van der Waals surface area contributed by atoms with Gasteiger partial charge in [0.25, 0.3) is 0 Å². The molecule has 0 aromatic rings. The molecule has 0 aliphatic rings. The number of rotatable bonds is 0. The monoisotopic (exact) mass is 132 g/mol. The summed E-state index contributed by atoms with van der Waals surface area (Å²) in [7, 11) is 0. The van der Waals surface area contributed by atoms with Gasteiger partial charge in [0.05, 0.1) is 0 Å². The lowest BCUT2D eigenvalue weighted by Crippen LogP contribution is -1.65. The number of halogens is 3. The smallest absolute Gasteiger partial charge is 0.197 e. The molecule has 0 atom stereocenters. The van der Waals surface area contributed by atoms with Gasteiger partial charge >= 0.3 is 6.68 Å². The van der Waals surface area contributed by atoms with E-state index in [4.69, 9.17) is 0 Å². The molecule has 0 fully saturated rings. The van der Waals surface area contributed by atoms with Crippen molar-refractivity contribution in [2.24, 2.45) is 0 Å². The van der Waals surface area contributed by atoms with E-state index in [9.17, 15) is 13.2 Å². The molecule has 0 N–H and O–H groups in total. The van der Waals surface area contributed by atoms with Gasteiger partial charge in [-0.2, -0.15) is 26.7 Å². The maximum Gasteiger partial charge on any atom is 0.379 e. The third kappa shape index (κ3) is 6150. The highest BCUT2D eigenvalue weighted by Gasteiger charge is 1.86. The van der Waals surface area contributed by atoms with Crippen LogP contribution in [-0.2, 0) is 0 Å². The topological polar surface area (TPSA) is 0 Å². The van der Waals surface area contributed by atoms with E-state index in [2.05, 4.69) is 13.2 Å². The lowest BCUT2D eigenvalue weighted by Gasteiger charge is -1.65. The van der Waals surface area contributed by atoms with Gasteiger partial charge in [-0.3, -0.25) is 0 Å². The summed E-state index contributed by atoms with van der Waals surface area (Å²) in [5.41, 5.74) is 0. The Bertz CT molecular complexity index is 21.4. The molecule has 4 heteroatoms. The molecule has 0 unspecified atom stereocenters. The van der Waals surface area contributed by atoms with Gasteiger partial charge in [0.15, 0.2) is 0 Å². The zero-order chi connectivity index (χ0) is 5.58. The van der Waals surface area contributed by atoms with Gasteiger partial charge < -0.3 is 0 Å². The molecule has 0 saturated carbocycles. The van der Waals surface area contributed by atoms with Crippen molar-refractivity contribution in [2.75, 3.05) is 0 Å².